The van der Waals surface area contributed by atoms with Gasteiger partial charge in [-0.05, 0) is 36.2 Å². The predicted octanol–water partition coefficient (Wildman–Crippen LogP) is 4.32. The average molecular weight is 444 g/mol. The quantitative estimate of drug-likeness (QED) is 0.688. The molecule has 2 aliphatic heterocycles. The number of piperidine rings is 1. The highest BCUT2D eigenvalue weighted by atomic mass is 35.5. The fraction of sp³-hybridized carbons (Fsp3) is 0.417. The second-order valence-corrected chi connectivity index (χ2v) is 8.51. The number of hydrogen-bond acceptors (Lipinski definition) is 5. The third-order valence-electron chi connectivity index (χ3n) is 6.17. The number of hydrogen-bond donors (Lipinski definition) is 0. The van der Waals surface area contributed by atoms with Gasteiger partial charge in [-0.3, -0.25) is 9.59 Å². The van der Waals surface area contributed by atoms with Crippen molar-refractivity contribution in [2.45, 2.75) is 37.7 Å². The summed E-state index contributed by atoms with van der Waals surface area (Å²) in [7, 11) is 3.09. The SMILES string of the molecule is COc1ccc2c(c1OC)OC1(CCN(C(=O)CCc3ccc(Cl)cc3)CC1)CC2=O. The Morgan fingerprint density at radius 1 is 1.10 bits per heavy atom. The van der Waals surface area contributed by atoms with Crippen LogP contribution >= 0.6 is 11.6 Å². The number of aryl methyl sites for hydroxylation is 1. The summed E-state index contributed by atoms with van der Waals surface area (Å²) >= 11 is 5.92. The molecule has 0 N–H and O–H groups in total. The van der Waals surface area contributed by atoms with Gasteiger partial charge in [-0.25, -0.2) is 0 Å². The van der Waals surface area contributed by atoms with Gasteiger partial charge in [0.1, 0.15) is 5.60 Å². The van der Waals surface area contributed by atoms with E-state index in [1.165, 1.54) is 7.11 Å². The second kappa shape index (κ2) is 8.79. The van der Waals surface area contributed by atoms with Crippen LogP contribution in [0.1, 0.15) is 41.6 Å². The average Bonchev–Trinajstić information content (AvgIpc) is 2.78. The maximum atomic E-state index is 12.9. The van der Waals surface area contributed by atoms with Crippen molar-refractivity contribution in [3.05, 3.63) is 52.5 Å². The van der Waals surface area contributed by atoms with Crippen molar-refractivity contribution >= 4 is 23.3 Å². The van der Waals surface area contributed by atoms with Crippen molar-refractivity contribution in [1.82, 2.24) is 4.90 Å². The standard InChI is InChI=1S/C24H26ClNO5/c1-29-20-9-8-18-19(27)15-24(31-22(18)23(20)30-2)11-13-26(14-12-24)21(28)10-5-16-3-6-17(25)7-4-16/h3-4,6-9H,5,10-15H2,1-2H3. The topological polar surface area (TPSA) is 65.1 Å². The lowest BCUT2D eigenvalue weighted by Crippen LogP contribution is -2.52. The zero-order valence-corrected chi connectivity index (χ0v) is 18.5. The summed E-state index contributed by atoms with van der Waals surface area (Å²) in [5.41, 5.74) is 0.992. The number of ketones is 1. The van der Waals surface area contributed by atoms with Gasteiger partial charge in [0.15, 0.2) is 17.3 Å². The first-order chi connectivity index (χ1) is 14.9. The molecule has 164 valence electrons. The van der Waals surface area contributed by atoms with Crippen LogP contribution in [0, 0.1) is 0 Å². The highest BCUT2D eigenvalue weighted by molar-refractivity contribution is 6.30. The molecule has 0 atom stereocenters. The predicted molar refractivity (Wildman–Crippen MR) is 117 cm³/mol. The Balaban J connectivity index is 1.41. The highest BCUT2D eigenvalue weighted by Gasteiger charge is 2.45. The highest BCUT2D eigenvalue weighted by Crippen LogP contribution is 2.47. The molecular formula is C24H26ClNO5. The number of methoxy groups -OCH3 is 2. The van der Waals surface area contributed by atoms with Crippen molar-refractivity contribution in [1.29, 1.82) is 0 Å². The molecule has 2 aromatic carbocycles. The molecule has 6 nitrogen and oxygen atoms in total. The van der Waals surface area contributed by atoms with Crippen molar-refractivity contribution < 1.29 is 23.8 Å². The van der Waals surface area contributed by atoms with Gasteiger partial charge in [0.05, 0.1) is 26.2 Å². The molecule has 0 bridgehead atoms. The summed E-state index contributed by atoms with van der Waals surface area (Å²) in [4.78, 5) is 27.4. The third-order valence-corrected chi connectivity index (χ3v) is 6.42. The van der Waals surface area contributed by atoms with E-state index in [1.54, 1.807) is 19.2 Å². The molecule has 0 saturated carbocycles. The van der Waals surface area contributed by atoms with Crippen molar-refractivity contribution in [2.24, 2.45) is 0 Å². The molecule has 1 spiro atoms. The monoisotopic (exact) mass is 443 g/mol. The number of ether oxygens (including phenoxy) is 3. The van der Waals surface area contributed by atoms with Crippen LogP contribution in [-0.4, -0.2) is 49.5 Å². The van der Waals surface area contributed by atoms with Crippen molar-refractivity contribution in [3.8, 4) is 17.2 Å². The first kappa shape index (κ1) is 21.5. The number of benzene rings is 2. The lowest BCUT2D eigenvalue weighted by atomic mass is 9.82. The summed E-state index contributed by atoms with van der Waals surface area (Å²) in [6.07, 6.45) is 2.64. The molecule has 2 aliphatic rings. The van der Waals surface area contributed by atoms with Crippen molar-refractivity contribution in [3.63, 3.8) is 0 Å². The van der Waals surface area contributed by atoms with Gasteiger partial charge in [-0.15, -0.1) is 0 Å². The molecular weight excluding hydrogens is 418 g/mol. The molecule has 0 radical (unpaired) electrons. The molecule has 4 rings (SSSR count). The largest absolute Gasteiger partial charge is 0.493 e. The first-order valence-corrected chi connectivity index (χ1v) is 10.8. The van der Waals surface area contributed by atoms with E-state index in [-0.39, 0.29) is 11.7 Å². The number of Topliss-reactive ketones (excluding diaryl/α,β-unsaturated/α-hetero) is 1. The molecule has 31 heavy (non-hydrogen) atoms. The van der Waals surface area contributed by atoms with Crippen LogP contribution in [0.25, 0.3) is 0 Å². The molecule has 1 saturated heterocycles. The number of carbonyl (C=O) groups is 2. The summed E-state index contributed by atoms with van der Waals surface area (Å²) in [6, 6.07) is 11.0. The minimum atomic E-state index is -0.614. The maximum Gasteiger partial charge on any atom is 0.222 e. The van der Waals surface area contributed by atoms with Crippen molar-refractivity contribution in [2.75, 3.05) is 27.3 Å². The molecule has 0 aromatic heterocycles. The van der Waals surface area contributed by atoms with Crippen LogP contribution in [0.4, 0.5) is 0 Å². The van der Waals surface area contributed by atoms with E-state index in [0.717, 1.165) is 5.56 Å². The smallest absolute Gasteiger partial charge is 0.222 e. The van der Waals surface area contributed by atoms with Crippen LogP contribution in [0.15, 0.2) is 36.4 Å². The van der Waals surface area contributed by atoms with Crippen LogP contribution in [0.5, 0.6) is 17.2 Å². The van der Waals surface area contributed by atoms with E-state index >= 15 is 0 Å². The molecule has 0 aliphatic carbocycles. The zero-order chi connectivity index (χ0) is 22.0. The van der Waals surface area contributed by atoms with Gasteiger partial charge in [0, 0.05) is 37.4 Å². The summed E-state index contributed by atoms with van der Waals surface area (Å²) in [6.45, 7) is 1.13. The lowest BCUT2D eigenvalue weighted by Gasteiger charge is -2.44. The number of nitrogens with zero attached hydrogens (tertiary/aromatic N) is 1. The summed E-state index contributed by atoms with van der Waals surface area (Å²) in [5.74, 6) is 1.56. The second-order valence-electron chi connectivity index (χ2n) is 8.07. The Labute approximate surface area is 187 Å². The minimum absolute atomic E-state index is 0.0321. The Hall–Kier alpha value is -2.73. The molecule has 7 heteroatoms. The van der Waals surface area contributed by atoms with Gasteiger partial charge in [0.2, 0.25) is 11.7 Å². The maximum absolute atomic E-state index is 12.9. The van der Waals surface area contributed by atoms with Gasteiger partial charge in [0.25, 0.3) is 0 Å². The van der Waals surface area contributed by atoms with Gasteiger partial charge in [-0.1, -0.05) is 23.7 Å². The van der Waals surface area contributed by atoms with Gasteiger partial charge < -0.3 is 19.1 Å². The number of halogens is 1. The van der Waals surface area contributed by atoms with Gasteiger partial charge >= 0.3 is 0 Å². The number of rotatable bonds is 5. The fourth-order valence-electron chi connectivity index (χ4n) is 4.36. The molecule has 1 fully saturated rings. The number of amides is 1. The first-order valence-electron chi connectivity index (χ1n) is 10.4. The Bertz CT molecular complexity index is 980. The van der Waals surface area contributed by atoms with Crippen LogP contribution < -0.4 is 14.2 Å². The van der Waals surface area contributed by atoms with Gasteiger partial charge in [-0.2, -0.15) is 0 Å². The zero-order valence-electron chi connectivity index (χ0n) is 17.8. The summed E-state index contributed by atoms with van der Waals surface area (Å²) in [5, 5.41) is 0.689. The van der Waals surface area contributed by atoms with E-state index < -0.39 is 5.60 Å². The number of carbonyl (C=O) groups excluding carboxylic acids is 2. The normalized spacial score (nSPS) is 17.1. The lowest BCUT2D eigenvalue weighted by molar-refractivity contribution is -0.134. The number of likely N-dealkylation sites (tertiary alicyclic amines) is 1. The molecule has 2 heterocycles. The molecule has 1 amide bonds. The fourth-order valence-corrected chi connectivity index (χ4v) is 4.49. The summed E-state index contributed by atoms with van der Waals surface area (Å²) < 4.78 is 17.2. The number of fused-ring (bicyclic) bond motifs is 1. The van der Waals surface area contributed by atoms with E-state index in [1.807, 2.05) is 29.2 Å². The van der Waals surface area contributed by atoms with Crippen LogP contribution in [-0.2, 0) is 11.2 Å². The van der Waals surface area contributed by atoms with Crippen LogP contribution in [0.3, 0.4) is 0 Å². The Kier molecular flexibility index (Phi) is 6.10. The Morgan fingerprint density at radius 3 is 2.45 bits per heavy atom. The molecule has 2 aromatic rings. The van der Waals surface area contributed by atoms with E-state index in [4.69, 9.17) is 25.8 Å². The van der Waals surface area contributed by atoms with Crippen LogP contribution in [0.2, 0.25) is 5.02 Å². The molecule has 0 unspecified atom stereocenters. The van der Waals surface area contributed by atoms with E-state index in [0.29, 0.717) is 73.0 Å². The third kappa shape index (κ3) is 4.35. The van der Waals surface area contributed by atoms with E-state index in [9.17, 15) is 9.59 Å². The Morgan fingerprint density at radius 2 is 1.81 bits per heavy atom. The minimum Gasteiger partial charge on any atom is -0.493 e. The van der Waals surface area contributed by atoms with E-state index in [2.05, 4.69) is 0 Å².